The molecule has 0 amide bonds. The summed E-state index contributed by atoms with van der Waals surface area (Å²) in [6, 6.07) is 10.8. The monoisotopic (exact) mass is 811 g/mol. The number of aromatic nitrogens is 1. The number of carbonyl (C=O) groups is 1. The molecule has 1 aliphatic rings. The van der Waals surface area contributed by atoms with Gasteiger partial charge in [0, 0.05) is 17.7 Å². The molecule has 1 atom stereocenters. The lowest BCUT2D eigenvalue weighted by Gasteiger charge is -2.22. The Labute approximate surface area is 270 Å². The zero-order valence-electron chi connectivity index (χ0n) is 22.8. The van der Waals surface area contributed by atoms with Crippen LogP contribution in [0.25, 0.3) is 17.4 Å². The van der Waals surface area contributed by atoms with Gasteiger partial charge in [-0.2, -0.15) is 0 Å². The lowest BCUT2D eigenvalue weighted by Crippen LogP contribution is -2.39. The minimum atomic E-state index is -0.952. The fourth-order valence-corrected chi connectivity index (χ4v) is 8.01. The zero-order chi connectivity index (χ0) is 30.3. The summed E-state index contributed by atoms with van der Waals surface area (Å²) in [6.07, 6.45) is 1.79. The smallest absolute Gasteiger partial charge is 0.338 e. The van der Waals surface area contributed by atoms with Crippen LogP contribution in [0.4, 0.5) is 5.69 Å². The Balaban J connectivity index is 1.69. The van der Waals surface area contributed by atoms with E-state index in [1.807, 2.05) is 19.1 Å². The van der Waals surface area contributed by atoms with Crippen LogP contribution < -0.4 is 19.6 Å². The van der Waals surface area contributed by atoms with Crippen molar-refractivity contribution in [2.24, 2.45) is 4.99 Å². The average Bonchev–Trinajstić information content (AvgIpc) is 3.53. The Kier molecular flexibility index (Phi) is 8.71. The molecule has 3 heterocycles. The van der Waals surface area contributed by atoms with Gasteiger partial charge in [-0.05, 0) is 107 Å². The highest BCUT2D eigenvalue weighted by molar-refractivity contribution is 14.1. The number of aryl methyl sites for hydroxylation is 1. The van der Waals surface area contributed by atoms with Crippen LogP contribution in [0.15, 0.2) is 67.9 Å². The first kappa shape index (κ1) is 30.2. The predicted octanol–water partition coefficient (Wildman–Crippen LogP) is 5.49. The van der Waals surface area contributed by atoms with Crippen molar-refractivity contribution in [2.45, 2.75) is 26.8 Å². The molecule has 13 heteroatoms. The molecule has 0 fully saturated rings. The first-order chi connectivity index (χ1) is 20.0. The van der Waals surface area contributed by atoms with Gasteiger partial charge in [-0.25, -0.2) is 9.79 Å². The molecule has 0 bridgehead atoms. The van der Waals surface area contributed by atoms with Crippen molar-refractivity contribution in [3.63, 3.8) is 0 Å². The zero-order valence-corrected chi connectivity index (χ0v) is 27.9. The summed E-state index contributed by atoms with van der Waals surface area (Å²) in [5.41, 5.74) is 2.28. The van der Waals surface area contributed by atoms with Crippen molar-refractivity contribution < 1.29 is 23.6 Å². The van der Waals surface area contributed by atoms with E-state index >= 15 is 0 Å². The van der Waals surface area contributed by atoms with Crippen LogP contribution in [0.5, 0.6) is 5.75 Å². The quantitative estimate of drug-likeness (QED) is 0.105. The molecule has 0 N–H and O–H groups in total. The number of fused-ring (bicyclic) bond motifs is 1. The van der Waals surface area contributed by atoms with E-state index in [9.17, 15) is 19.7 Å². The molecule has 2 aromatic heterocycles. The summed E-state index contributed by atoms with van der Waals surface area (Å²) in [4.78, 5) is 43.1. The van der Waals surface area contributed by atoms with E-state index in [4.69, 9.17) is 13.9 Å². The number of esters is 1. The molecule has 0 aliphatic carbocycles. The molecule has 10 nitrogen and oxygen atoms in total. The van der Waals surface area contributed by atoms with E-state index in [0.29, 0.717) is 32.1 Å². The molecule has 0 spiro atoms. The van der Waals surface area contributed by atoms with Crippen molar-refractivity contribution in [3.8, 4) is 17.1 Å². The van der Waals surface area contributed by atoms with Gasteiger partial charge in [-0.15, -0.1) is 0 Å². The fourth-order valence-electron chi connectivity index (χ4n) is 4.70. The van der Waals surface area contributed by atoms with Crippen LogP contribution in [0.2, 0.25) is 0 Å². The second-order valence-corrected chi connectivity index (χ2v) is 12.6. The third-order valence-electron chi connectivity index (χ3n) is 6.63. The molecule has 0 unspecified atom stereocenters. The summed E-state index contributed by atoms with van der Waals surface area (Å²) in [5.74, 6) is 0.821. The van der Waals surface area contributed by atoms with Crippen LogP contribution in [0, 0.1) is 24.2 Å². The molecule has 5 rings (SSSR count). The maximum atomic E-state index is 13.9. The number of halogens is 2. The summed E-state index contributed by atoms with van der Waals surface area (Å²) in [5, 5.41) is 11.4. The number of carbonyl (C=O) groups excluding carboxylic acids is 1. The maximum absolute atomic E-state index is 13.9. The Morgan fingerprint density at radius 1 is 1.19 bits per heavy atom. The van der Waals surface area contributed by atoms with Crippen molar-refractivity contribution >= 4 is 74.3 Å². The van der Waals surface area contributed by atoms with Crippen molar-refractivity contribution in [1.29, 1.82) is 0 Å². The third-order valence-corrected chi connectivity index (χ3v) is 9.22. The van der Waals surface area contributed by atoms with Crippen molar-refractivity contribution in [3.05, 3.63) is 108 Å². The maximum Gasteiger partial charge on any atom is 0.338 e. The van der Waals surface area contributed by atoms with Gasteiger partial charge in [-0.1, -0.05) is 17.4 Å². The number of methoxy groups -OCH3 is 1. The van der Waals surface area contributed by atoms with Gasteiger partial charge in [0.1, 0.15) is 23.3 Å². The van der Waals surface area contributed by atoms with Crippen LogP contribution in [-0.4, -0.2) is 29.2 Å². The van der Waals surface area contributed by atoms with Crippen molar-refractivity contribution in [2.75, 3.05) is 13.7 Å². The lowest BCUT2D eigenvalue weighted by molar-refractivity contribution is -0.384. The first-order valence-electron chi connectivity index (χ1n) is 12.6. The number of furan rings is 1. The molecule has 2 aromatic carbocycles. The number of allylic oxidation sites excluding steroid dienone is 1. The van der Waals surface area contributed by atoms with Gasteiger partial charge in [0.25, 0.3) is 11.2 Å². The number of benzene rings is 2. The summed E-state index contributed by atoms with van der Waals surface area (Å²) in [7, 11) is 1.61. The van der Waals surface area contributed by atoms with Gasteiger partial charge in [0.15, 0.2) is 4.80 Å². The molecule has 0 radical (unpaired) electrons. The normalized spacial score (nSPS) is 14.9. The predicted molar refractivity (Wildman–Crippen MR) is 174 cm³/mol. The highest BCUT2D eigenvalue weighted by Crippen LogP contribution is 2.36. The Morgan fingerprint density at radius 2 is 1.90 bits per heavy atom. The topological polar surface area (TPSA) is 126 Å². The number of thiazole rings is 1. The molecule has 4 aromatic rings. The standard InChI is InChI=1S/C29H23I2N3O7S/c1-5-40-28(36)24-15(3)32-29-33(27(35)23(42-29)12-16-10-19(30)26(39-4)20(31)11-16)25(24)22-9-8-21(41-22)18-13-17(34(37)38)7-6-14(18)2/h6-13,25H,5H2,1-4H3/b23-12-/t25-/m1/s1. The van der Waals surface area contributed by atoms with Crippen LogP contribution >= 0.6 is 56.5 Å². The van der Waals surface area contributed by atoms with Gasteiger partial charge in [0.2, 0.25) is 0 Å². The number of nitro benzene ring substituents is 1. The lowest BCUT2D eigenvalue weighted by atomic mass is 10.0. The highest BCUT2D eigenvalue weighted by Gasteiger charge is 2.35. The summed E-state index contributed by atoms with van der Waals surface area (Å²) in [6.45, 7) is 5.35. The van der Waals surface area contributed by atoms with E-state index in [-0.39, 0.29) is 23.4 Å². The summed E-state index contributed by atoms with van der Waals surface area (Å²) < 4.78 is 20.7. The van der Waals surface area contributed by atoms with E-state index in [0.717, 1.165) is 24.0 Å². The van der Waals surface area contributed by atoms with Crippen molar-refractivity contribution in [1.82, 2.24) is 4.57 Å². The fraction of sp³-hybridized carbons (Fsp3) is 0.207. The molecule has 0 saturated heterocycles. The Hall–Kier alpha value is -3.31. The SMILES string of the molecule is CCOC(=O)C1=C(C)N=c2s/c(=C\c3cc(I)c(OC)c(I)c3)c(=O)n2[C@@H]1c1ccc(-c2cc([N+](=O)[O-])ccc2C)o1. The second kappa shape index (κ2) is 12.1. The number of hydrogen-bond donors (Lipinski definition) is 0. The first-order valence-corrected chi connectivity index (χ1v) is 15.6. The number of rotatable bonds is 7. The van der Waals surface area contributed by atoms with E-state index in [1.165, 1.54) is 28.0 Å². The molecule has 0 saturated carbocycles. The molecule has 1 aliphatic heterocycles. The number of nitro groups is 1. The minimum absolute atomic E-state index is 0.0765. The van der Waals surface area contributed by atoms with E-state index in [2.05, 4.69) is 50.2 Å². The van der Waals surface area contributed by atoms with Gasteiger partial charge in [-0.3, -0.25) is 19.5 Å². The molecular formula is C29H23I2N3O7S. The van der Waals surface area contributed by atoms with Gasteiger partial charge < -0.3 is 13.9 Å². The molecular weight excluding hydrogens is 788 g/mol. The number of non-ortho nitro benzene ring substituents is 1. The third kappa shape index (κ3) is 5.56. The van der Waals surface area contributed by atoms with Crippen LogP contribution in [-0.2, 0) is 9.53 Å². The van der Waals surface area contributed by atoms with Gasteiger partial charge in [0.05, 0.1) is 41.6 Å². The van der Waals surface area contributed by atoms with E-state index < -0.39 is 16.9 Å². The number of hydrogen-bond acceptors (Lipinski definition) is 9. The molecule has 42 heavy (non-hydrogen) atoms. The highest BCUT2D eigenvalue weighted by atomic mass is 127. The average molecular weight is 811 g/mol. The second-order valence-electron chi connectivity index (χ2n) is 9.28. The van der Waals surface area contributed by atoms with Crippen LogP contribution in [0.3, 0.4) is 0 Å². The minimum Gasteiger partial charge on any atom is -0.495 e. The number of ether oxygens (including phenoxy) is 2. The Bertz CT molecular complexity index is 1950. The van der Waals surface area contributed by atoms with Crippen LogP contribution in [0.1, 0.15) is 36.8 Å². The van der Waals surface area contributed by atoms with Gasteiger partial charge >= 0.3 is 5.97 Å². The largest absolute Gasteiger partial charge is 0.495 e. The van der Waals surface area contributed by atoms with E-state index in [1.54, 1.807) is 45.2 Å². The number of nitrogens with zero attached hydrogens (tertiary/aromatic N) is 3. The Morgan fingerprint density at radius 3 is 2.55 bits per heavy atom. The molecule has 216 valence electrons. The summed E-state index contributed by atoms with van der Waals surface area (Å²) >= 11 is 5.59.